The number of hydrogen-bond acceptors (Lipinski definition) is 4. The van der Waals surface area contributed by atoms with Gasteiger partial charge in [0.05, 0.1) is 18.8 Å². The molecule has 122 valence electrons. The zero-order chi connectivity index (χ0) is 15.6. The number of nitrogens with one attached hydrogen (secondary N) is 1. The van der Waals surface area contributed by atoms with Crippen molar-refractivity contribution < 1.29 is 9.84 Å². The van der Waals surface area contributed by atoms with Gasteiger partial charge >= 0.3 is 0 Å². The zero-order valence-corrected chi connectivity index (χ0v) is 15.1. The van der Waals surface area contributed by atoms with E-state index < -0.39 is 6.10 Å². The molecule has 4 heteroatoms. The lowest BCUT2D eigenvalue weighted by Crippen LogP contribution is -2.41. The second-order valence-electron chi connectivity index (χ2n) is 6.15. The average molecular weight is 306 g/mol. The van der Waals surface area contributed by atoms with Gasteiger partial charge in [-0.15, -0.1) is 0 Å². The molecular formula is C16H35NO2S. The maximum absolute atomic E-state index is 9.95. The molecule has 0 amide bonds. The van der Waals surface area contributed by atoms with Crippen LogP contribution in [0.25, 0.3) is 0 Å². The van der Waals surface area contributed by atoms with Crippen LogP contribution in [0.4, 0.5) is 0 Å². The summed E-state index contributed by atoms with van der Waals surface area (Å²) in [6, 6.07) is 0. The fourth-order valence-corrected chi connectivity index (χ4v) is 3.22. The van der Waals surface area contributed by atoms with E-state index in [-0.39, 0.29) is 6.10 Å². The van der Waals surface area contributed by atoms with E-state index >= 15 is 0 Å². The normalized spacial score (nSPS) is 15.6. The molecule has 0 fully saturated rings. The lowest BCUT2D eigenvalue weighted by Gasteiger charge is -2.30. The molecule has 2 N–H and O–H groups in total. The maximum Gasteiger partial charge on any atom is 0.0897 e. The molecule has 0 saturated heterocycles. The Balaban J connectivity index is 3.85. The second kappa shape index (κ2) is 10.9. The quantitative estimate of drug-likeness (QED) is 0.580. The number of aliphatic hydroxyl groups is 1. The average Bonchev–Trinajstić information content (AvgIpc) is 2.41. The van der Waals surface area contributed by atoms with E-state index in [9.17, 15) is 5.11 Å². The smallest absolute Gasteiger partial charge is 0.0897 e. The van der Waals surface area contributed by atoms with Crippen molar-refractivity contribution in [2.24, 2.45) is 5.92 Å². The van der Waals surface area contributed by atoms with Crippen molar-refractivity contribution >= 4 is 11.8 Å². The van der Waals surface area contributed by atoms with Crippen molar-refractivity contribution in [2.75, 3.05) is 26.0 Å². The molecule has 0 heterocycles. The van der Waals surface area contributed by atoms with Crippen LogP contribution >= 0.6 is 11.8 Å². The summed E-state index contributed by atoms with van der Waals surface area (Å²) in [5.41, 5.74) is 0. The lowest BCUT2D eigenvalue weighted by atomic mass is 10.0. The first-order valence-corrected chi connectivity index (χ1v) is 9.17. The Hall–Kier alpha value is 0.230. The van der Waals surface area contributed by atoms with E-state index in [1.807, 2.05) is 11.8 Å². The third kappa shape index (κ3) is 8.50. The van der Waals surface area contributed by atoms with Gasteiger partial charge < -0.3 is 15.2 Å². The minimum absolute atomic E-state index is 0.223. The van der Waals surface area contributed by atoms with Crippen molar-refractivity contribution in [1.82, 2.24) is 5.32 Å². The molecule has 0 aliphatic rings. The van der Waals surface area contributed by atoms with Crippen LogP contribution in [-0.4, -0.2) is 48.0 Å². The summed E-state index contributed by atoms with van der Waals surface area (Å²) in [6.45, 7) is 12.9. The van der Waals surface area contributed by atoms with Crippen molar-refractivity contribution in [2.45, 2.75) is 70.8 Å². The van der Waals surface area contributed by atoms with Gasteiger partial charge in [-0.3, -0.25) is 0 Å². The summed E-state index contributed by atoms with van der Waals surface area (Å²) in [7, 11) is 0. The molecule has 0 rings (SSSR count). The van der Waals surface area contributed by atoms with Crippen LogP contribution in [0, 0.1) is 5.92 Å². The van der Waals surface area contributed by atoms with Crippen LogP contribution in [0.5, 0.6) is 0 Å². The number of rotatable bonds is 12. The third-order valence-electron chi connectivity index (χ3n) is 3.93. The number of hydrogen-bond donors (Lipinski definition) is 2. The number of thioether (sulfide) groups is 1. The molecule has 2 unspecified atom stereocenters. The van der Waals surface area contributed by atoms with Crippen LogP contribution < -0.4 is 5.32 Å². The monoisotopic (exact) mass is 305 g/mol. The highest BCUT2D eigenvalue weighted by atomic mass is 32.2. The van der Waals surface area contributed by atoms with Gasteiger partial charge in [-0.05, 0) is 38.4 Å². The van der Waals surface area contributed by atoms with Crippen LogP contribution in [0.2, 0.25) is 0 Å². The molecule has 0 aliphatic carbocycles. The molecule has 0 radical (unpaired) electrons. The molecule has 0 aliphatic heterocycles. The Labute approximate surface area is 130 Å². The van der Waals surface area contributed by atoms with E-state index in [4.69, 9.17) is 4.74 Å². The molecule has 0 bridgehead atoms. The molecule has 0 aromatic heterocycles. The van der Waals surface area contributed by atoms with Crippen LogP contribution in [-0.2, 0) is 4.74 Å². The first-order valence-electron chi connectivity index (χ1n) is 7.94. The molecule has 2 atom stereocenters. The van der Waals surface area contributed by atoms with Crippen LogP contribution in [0.15, 0.2) is 0 Å². The predicted octanol–water partition coefficient (Wildman–Crippen LogP) is 3.31. The highest BCUT2D eigenvalue weighted by Gasteiger charge is 2.24. The van der Waals surface area contributed by atoms with Gasteiger partial charge in [-0.25, -0.2) is 0 Å². The molecule has 0 aromatic carbocycles. The largest absolute Gasteiger partial charge is 0.389 e. The first-order chi connectivity index (χ1) is 9.39. The van der Waals surface area contributed by atoms with Crippen molar-refractivity contribution in [3.63, 3.8) is 0 Å². The summed E-state index contributed by atoms with van der Waals surface area (Å²) in [4.78, 5) is 0. The SMILES string of the molecule is CCC(CC)(CNCC(O)COC(C)CC(C)C)SC. The van der Waals surface area contributed by atoms with Crippen molar-refractivity contribution in [1.29, 1.82) is 0 Å². The fourth-order valence-electron chi connectivity index (χ4n) is 2.39. The van der Waals surface area contributed by atoms with Crippen LogP contribution in [0.3, 0.4) is 0 Å². The topological polar surface area (TPSA) is 41.5 Å². The Morgan fingerprint density at radius 3 is 2.25 bits per heavy atom. The maximum atomic E-state index is 9.95. The fraction of sp³-hybridized carbons (Fsp3) is 1.00. The summed E-state index contributed by atoms with van der Waals surface area (Å²) < 4.78 is 5.98. The van der Waals surface area contributed by atoms with E-state index in [0.717, 1.165) is 25.8 Å². The van der Waals surface area contributed by atoms with E-state index in [2.05, 4.69) is 46.2 Å². The zero-order valence-electron chi connectivity index (χ0n) is 14.2. The molecule has 0 aromatic rings. The second-order valence-corrected chi connectivity index (χ2v) is 7.43. The highest BCUT2D eigenvalue weighted by Crippen LogP contribution is 2.29. The summed E-state index contributed by atoms with van der Waals surface area (Å²) >= 11 is 1.92. The first kappa shape index (κ1) is 20.2. The van der Waals surface area contributed by atoms with Crippen molar-refractivity contribution in [3.8, 4) is 0 Å². The Morgan fingerprint density at radius 1 is 1.20 bits per heavy atom. The van der Waals surface area contributed by atoms with Gasteiger partial charge in [-0.2, -0.15) is 11.8 Å². The van der Waals surface area contributed by atoms with Gasteiger partial charge in [0, 0.05) is 17.8 Å². The van der Waals surface area contributed by atoms with Crippen LogP contribution in [0.1, 0.15) is 53.9 Å². The van der Waals surface area contributed by atoms with Gasteiger partial charge in [0.15, 0.2) is 0 Å². The predicted molar refractivity (Wildman–Crippen MR) is 90.6 cm³/mol. The summed E-state index contributed by atoms with van der Waals surface area (Å²) in [6.07, 6.45) is 5.31. The van der Waals surface area contributed by atoms with Gasteiger partial charge in [0.25, 0.3) is 0 Å². The van der Waals surface area contributed by atoms with Gasteiger partial charge in [0.2, 0.25) is 0 Å². The Kier molecular flexibility index (Phi) is 11.0. The summed E-state index contributed by atoms with van der Waals surface area (Å²) in [5, 5.41) is 13.3. The lowest BCUT2D eigenvalue weighted by molar-refractivity contribution is -0.00859. The Bertz CT molecular complexity index is 224. The number of aliphatic hydroxyl groups excluding tert-OH is 1. The third-order valence-corrected chi connectivity index (χ3v) is 5.51. The van der Waals surface area contributed by atoms with Crippen molar-refractivity contribution in [3.05, 3.63) is 0 Å². The standard InChI is InChI=1S/C16H35NO2S/c1-7-16(8-2,20-6)12-17-10-15(18)11-19-14(5)9-13(3)4/h13-15,17-18H,7-12H2,1-6H3. The van der Waals surface area contributed by atoms with E-state index in [1.165, 1.54) is 0 Å². The van der Waals surface area contributed by atoms with E-state index in [0.29, 0.717) is 23.8 Å². The minimum atomic E-state index is -0.419. The molecule has 20 heavy (non-hydrogen) atoms. The number of ether oxygens (including phenoxy) is 1. The summed E-state index contributed by atoms with van der Waals surface area (Å²) in [5.74, 6) is 0.636. The highest BCUT2D eigenvalue weighted by molar-refractivity contribution is 8.00. The Morgan fingerprint density at radius 2 is 1.80 bits per heavy atom. The molecule has 0 spiro atoms. The molecule has 3 nitrogen and oxygen atoms in total. The van der Waals surface area contributed by atoms with Gasteiger partial charge in [0.1, 0.15) is 0 Å². The van der Waals surface area contributed by atoms with E-state index in [1.54, 1.807) is 0 Å². The minimum Gasteiger partial charge on any atom is -0.389 e. The molecular weight excluding hydrogens is 270 g/mol. The molecule has 0 saturated carbocycles. The van der Waals surface area contributed by atoms with Gasteiger partial charge in [-0.1, -0.05) is 27.7 Å².